The van der Waals surface area contributed by atoms with Crippen LogP contribution in [-0.2, 0) is 28.9 Å². The Labute approximate surface area is 159 Å². The van der Waals surface area contributed by atoms with Crippen LogP contribution in [0.5, 0.6) is 0 Å². The molecule has 0 aliphatic carbocycles. The number of nitrogens with one attached hydrogen (secondary N) is 1. The lowest BCUT2D eigenvalue weighted by Gasteiger charge is -2.04. The highest BCUT2D eigenvalue weighted by molar-refractivity contribution is 7.83. The van der Waals surface area contributed by atoms with E-state index in [-0.39, 0.29) is 17.4 Å². The van der Waals surface area contributed by atoms with Gasteiger partial charge in [-0.05, 0) is 29.3 Å². The summed E-state index contributed by atoms with van der Waals surface area (Å²) < 4.78 is 17.9. The van der Waals surface area contributed by atoms with Crippen molar-refractivity contribution in [3.8, 4) is 0 Å². The largest absolute Gasteiger partial charge is 0.455 e. The first kappa shape index (κ1) is 18.4. The van der Waals surface area contributed by atoms with Gasteiger partial charge < -0.3 is 9.73 Å². The van der Waals surface area contributed by atoms with E-state index in [0.717, 1.165) is 11.1 Å². The number of carbonyl (C=O) groups is 1. The summed E-state index contributed by atoms with van der Waals surface area (Å²) in [6.07, 6.45) is 0. The lowest BCUT2D eigenvalue weighted by atomic mass is 10.2. The predicted molar refractivity (Wildman–Crippen MR) is 103 cm³/mol. The highest BCUT2D eigenvalue weighted by Crippen LogP contribution is 2.19. The summed E-state index contributed by atoms with van der Waals surface area (Å²) in [7, 11) is -1.18. The van der Waals surface area contributed by atoms with Gasteiger partial charge in [0.2, 0.25) is 0 Å². The predicted octanol–water partition coefficient (Wildman–Crippen LogP) is 4.31. The summed E-state index contributed by atoms with van der Waals surface area (Å²) in [5, 5.41) is 3.40. The maximum absolute atomic E-state index is 12.3. The first-order valence-corrected chi connectivity index (χ1v) is 9.97. The Kier molecular flexibility index (Phi) is 6.26. The molecule has 0 bridgehead atoms. The van der Waals surface area contributed by atoms with Crippen molar-refractivity contribution < 1.29 is 13.4 Å². The fourth-order valence-corrected chi connectivity index (χ4v) is 3.90. The maximum atomic E-state index is 12.3. The number of hydrogen-bond acceptors (Lipinski definition) is 3. The van der Waals surface area contributed by atoms with Gasteiger partial charge >= 0.3 is 0 Å². The van der Waals surface area contributed by atoms with Crippen molar-refractivity contribution in [2.24, 2.45) is 0 Å². The Hall–Kier alpha value is -2.37. The molecule has 1 N–H and O–H groups in total. The first-order valence-electron chi connectivity index (χ1n) is 8.11. The molecule has 1 heterocycles. The highest BCUT2D eigenvalue weighted by atomic mass is 35.5. The SMILES string of the molecule is O=C(NCc1ccccc1)c1ccc(C[S@@](=O)Cc2ccccc2Cl)o1. The van der Waals surface area contributed by atoms with Crippen LogP contribution in [0.25, 0.3) is 0 Å². The van der Waals surface area contributed by atoms with Gasteiger partial charge in [0.1, 0.15) is 5.76 Å². The third-order valence-electron chi connectivity index (χ3n) is 3.76. The van der Waals surface area contributed by atoms with Crippen LogP contribution in [0.3, 0.4) is 0 Å². The van der Waals surface area contributed by atoms with Crippen molar-refractivity contribution in [1.29, 1.82) is 0 Å². The van der Waals surface area contributed by atoms with Crippen LogP contribution in [0, 0.1) is 0 Å². The number of benzene rings is 2. The van der Waals surface area contributed by atoms with Gasteiger partial charge in [0.25, 0.3) is 5.91 Å². The van der Waals surface area contributed by atoms with Gasteiger partial charge in [0.15, 0.2) is 5.76 Å². The van der Waals surface area contributed by atoms with Crippen LogP contribution in [0.1, 0.15) is 27.4 Å². The summed E-state index contributed by atoms with van der Waals surface area (Å²) >= 11 is 6.09. The van der Waals surface area contributed by atoms with Crippen molar-refractivity contribution in [1.82, 2.24) is 5.32 Å². The van der Waals surface area contributed by atoms with Crippen molar-refractivity contribution in [3.63, 3.8) is 0 Å². The van der Waals surface area contributed by atoms with E-state index in [1.165, 1.54) is 0 Å². The van der Waals surface area contributed by atoms with Gasteiger partial charge in [0, 0.05) is 22.4 Å². The van der Waals surface area contributed by atoms with E-state index in [0.29, 0.717) is 23.1 Å². The number of rotatable bonds is 7. The average Bonchev–Trinajstić information content (AvgIpc) is 3.11. The van der Waals surface area contributed by atoms with Gasteiger partial charge in [-0.25, -0.2) is 0 Å². The zero-order chi connectivity index (χ0) is 18.4. The monoisotopic (exact) mass is 387 g/mol. The molecule has 0 saturated carbocycles. The number of furan rings is 1. The lowest BCUT2D eigenvalue weighted by Crippen LogP contribution is -2.22. The fourth-order valence-electron chi connectivity index (χ4n) is 2.44. The van der Waals surface area contributed by atoms with Crippen molar-refractivity contribution in [2.75, 3.05) is 0 Å². The lowest BCUT2D eigenvalue weighted by molar-refractivity contribution is 0.0921. The van der Waals surface area contributed by atoms with E-state index in [2.05, 4.69) is 5.32 Å². The Balaban J connectivity index is 1.54. The molecule has 3 aromatic rings. The van der Waals surface area contributed by atoms with Crippen LogP contribution in [0.15, 0.2) is 71.1 Å². The summed E-state index contributed by atoms with van der Waals surface area (Å²) in [5.41, 5.74) is 1.84. The molecular weight excluding hydrogens is 370 g/mol. The standard InChI is InChI=1S/C20H18ClNO3S/c21-18-9-5-4-8-16(18)13-26(24)14-17-10-11-19(25-17)20(23)22-12-15-6-2-1-3-7-15/h1-11H,12-14H2,(H,22,23)/t26-/m0/s1. The molecule has 0 spiro atoms. The Morgan fingerprint density at radius 3 is 2.46 bits per heavy atom. The summed E-state index contributed by atoms with van der Waals surface area (Å²) in [6, 6.07) is 20.2. The first-order chi connectivity index (χ1) is 12.6. The minimum atomic E-state index is -1.18. The van der Waals surface area contributed by atoms with Gasteiger partial charge in [-0.2, -0.15) is 0 Å². The molecule has 6 heteroatoms. The van der Waals surface area contributed by atoms with E-state index in [9.17, 15) is 9.00 Å². The Morgan fingerprint density at radius 2 is 1.69 bits per heavy atom. The van der Waals surface area contributed by atoms with Gasteiger partial charge in [-0.1, -0.05) is 60.1 Å². The molecule has 1 atom stereocenters. The molecule has 0 saturated heterocycles. The quantitative estimate of drug-likeness (QED) is 0.657. The molecule has 0 radical (unpaired) electrons. The van der Waals surface area contributed by atoms with Crippen molar-refractivity contribution >= 4 is 28.3 Å². The Morgan fingerprint density at radius 1 is 0.962 bits per heavy atom. The van der Waals surface area contributed by atoms with E-state index >= 15 is 0 Å². The van der Waals surface area contributed by atoms with Crippen LogP contribution < -0.4 is 5.32 Å². The molecule has 0 fully saturated rings. The van der Waals surface area contributed by atoms with Crippen molar-refractivity contribution in [3.05, 3.63) is 94.4 Å². The molecule has 3 rings (SSSR count). The van der Waals surface area contributed by atoms with E-state index < -0.39 is 10.8 Å². The van der Waals surface area contributed by atoms with Crippen LogP contribution >= 0.6 is 11.6 Å². The summed E-state index contributed by atoms with van der Waals surface area (Å²) in [4.78, 5) is 12.2. The van der Waals surface area contributed by atoms with Gasteiger partial charge in [0.05, 0.1) is 11.5 Å². The highest BCUT2D eigenvalue weighted by Gasteiger charge is 2.13. The van der Waals surface area contributed by atoms with Crippen molar-refractivity contribution in [2.45, 2.75) is 18.1 Å². The molecule has 0 aliphatic heterocycles. The third kappa shape index (κ3) is 5.07. The topological polar surface area (TPSA) is 59.3 Å². The van der Waals surface area contributed by atoms with Crippen LogP contribution in [0.2, 0.25) is 5.02 Å². The zero-order valence-corrected chi connectivity index (χ0v) is 15.6. The third-order valence-corrected chi connectivity index (χ3v) is 5.37. The van der Waals surface area contributed by atoms with Gasteiger partial charge in [-0.15, -0.1) is 0 Å². The summed E-state index contributed by atoms with van der Waals surface area (Å²) in [6.45, 7) is 0.425. The zero-order valence-electron chi connectivity index (χ0n) is 14.0. The Bertz CT molecular complexity index is 908. The van der Waals surface area contributed by atoms with E-state index in [4.69, 9.17) is 16.0 Å². The second-order valence-corrected chi connectivity index (χ2v) is 7.62. The second-order valence-electron chi connectivity index (χ2n) is 5.75. The minimum absolute atomic E-state index is 0.214. The molecule has 2 aromatic carbocycles. The average molecular weight is 388 g/mol. The number of amides is 1. The van der Waals surface area contributed by atoms with E-state index in [1.54, 1.807) is 18.2 Å². The van der Waals surface area contributed by atoms with Crippen LogP contribution in [-0.4, -0.2) is 10.1 Å². The molecule has 0 aliphatic rings. The molecule has 4 nitrogen and oxygen atoms in total. The molecular formula is C20H18ClNO3S. The molecule has 134 valence electrons. The second kappa shape index (κ2) is 8.83. The molecule has 1 aromatic heterocycles. The van der Waals surface area contributed by atoms with Gasteiger partial charge in [-0.3, -0.25) is 9.00 Å². The molecule has 26 heavy (non-hydrogen) atoms. The smallest absolute Gasteiger partial charge is 0.287 e. The minimum Gasteiger partial charge on any atom is -0.455 e. The van der Waals surface area contributed by atoms with E-state index in [1.807, 2.05) is 48.5 Å². The number of carbonyl (C=O) groups excluding carboxylic acids is 1. The fraction of sp³-hybridized carbons (Fsp3) is 0.150. The molecule has 0 unspecified atom stereocenters. The summed E-state index contributed by atoms with van der Waals surface area (Å²) in [5.74, 6) is 1.01. The molecule has 1 amide bonds. The number of halogens is 1. The van der Waals surface area contributed by atoms with Crippen LogP contribution in [0.4, 0.5) is 0 Å². The maximum Gasteiger partial charge on any atom is 0.287 e. The number of hydrogen-bond donors (Lipinski definition) is 1. The normalized spacial score (nSPS) is 11.9.